The first-order valence-corrected chi connectivity index (χ1v) is 9.43. The molecule has 0 aliphatic carbocycles. The van der Waals surface area contributed by atoms with Crippen LogP contribution in [0.2, 0.25) is 0 Å². The lowest BCUT2D eigenvalue weighted by Crippen LogP contribution is -2.48. The van der Waals surface area contributed by atoms with Crippen molar-refractivity contribution in [1.29, 1.82) is 0 Å². The van der Waals surface area contributed by atoms with Crippen molar-refractivity contribution in [2.75, 3.05) is 25.9 Å². The first-order valence-electron chi connectivity index (χ1n) is 6.76. The molecule has 0 amide bonds. The van der Waals surface area contributed by atoms with Crippen LogP contribution < -0.4 is 5.73 Å². The van der Waals surface area contributed by atoms with E-state index in [1.165, 1.54) is 0 Å². The van der Waals surface area contributed by atoms with Crippen LogP contribution in [-0.4, -0.2) is 43.4 Å². The van der Waals surface area contributed by atoms with Gasteiger partial charge in [-0.1, -0.05) is 18.2 Å². The lowest BCUT2D eigenvalue weighted by Gasteiger charge is -2.39. The average Bonchev–Trinajstić information content (AvgIpc) is 2.47. The van der Waals surface area contributed by atoms with Crippen LogP contribution in [-0.2, 0) is 10.0 Å². The Morgan fingerprint density at radius 1 is 1.30 bits per heavy atom. The average molecular weight is 314 g/mol. The fraction of sp³-hybridized carbons (Fsp3) is 0.571. The van der Waals surface area contributed by atoms with Crippen LogP contribution in [0.15, 0.2) is 29.2 Å². The van der Waals surface area contributed by atoms with Crippen LogP contribution in [0.5, 0.6) is 0 Å². The lowest BCUT2D eigenvalue weighted by atomic mass is 9.97. The molecule has 0 unspecified atom stereocenters. The summed E-state index contributed by atoms with van der Waals surface area (Å²) in [6.07, 6.45) is 3.68. The quantitative estimate of drug-likeness (QED) is 0.921. The van der Waals surface area contributed by atoms with Gasteiger partial charge < -0.3 is 5.73 Å². The number of nitrogens with zero attached hydrogens (tertiary/aromatic N) is 1. The van der Waals surface area contributed by atoms with E-state index in [-0.39, 0.29) is 4.75 Å². The molecule has 0 radical (unpaired) electrons. The molecular formula is C14H22N2O2S2. The number of aryl methyl sites for hydroxylation is 1. The van der Waals surface area contributed by atoms with Gasteiger partial charge in [0.25, 0.3) is 0 Å². The third-order valence-corrected chi connectivity index (χ3v) is 7.65. The van der Waals surface area contributed by atoms with Gasteiger partial charge in [-0.15, -0.1) is 0 Å². The number of thioether (sulfide) groups is 1. The van der Waals surface area contributed by atoms with Gasteiger partial charge in [0, 0.05) is 24.4 Å². The van der Waals surface area contributed by atoms with Crippen molar-refractivity contribution in [3.05, 3.63) is 29.8 Å². The van der Waals surface area contributed by atoms with Crippen LogP contribution in [0, 0.1) is 6.92 Å². The van der Waals surface area contributed by atoms with Gasteiger partial charge in [-0.3, -0.25) is 0 Å². The highest BCUT2D eigenvalue weighted by Crippen LogP contribution is 2.35. The zero-order valence-corrected chi connectivity index (χ0v) is 13.6. The van der Waals surface area contributed by atoms with E-state index in [1.807, 2.05) is 19.1 Å². The molecule has 1 aliphatic rings. The van der Waals surface area contributed by atoms with Crippen LogP contribution in [0.4, 0.5) is 0 Å². The van der Waals surface area contributed by atoms with Crippen LogP contribution >= 0.6 is 11.8 Å². The predicted octanol–water partition coefficient (Wildman–Crippen LogP) is 1.84. The second-order valence-electron chi connectivity index (χ2n) is 5.26. The fourth-order valence-corrected chi connectivity index (χ4v) is 5.04. The molecule has 0 saturated carbocycles. The van der Waals surface area contributed by atoms with Crippen molar-refractivity contribution in [2.24, 2.45) is 5.73 Å². The Bertz CT molecular complexity index is 558. The monoisotopic (exact) mass is 314 g/mol. The summed E-state index contributed by atoms with van der Waals surface area (Å²) in [5.41, 5.74) is 6.65. The standard InChI is InChI=1S/C14H22N2O2S2/c1-12-5-3-4-6-13(12)20(17,18)16-9-7-14(11-15,19-2)8-10-16/h3-6H,7-11,15H2,1-2H3. The molecule has 1 aromatic rings. The highest BCUT2D eigenvalue weighted by Gasteiger charge is 2.37. The van der Waals surface area contributed by atoms with E-state index >= 15 is 0 Å². The maximum absolute atomic E-state index is 12.7. The second-order valence-corrected chi connectivity index (χ2v) is 8.44. The minimum Gasteiger partial charge on any atom is -0.329 e. The summed E-state index contributed by atoms with van der Waals surface area (Å²) in [6.45, 7) is 3.54. The molecule has 0 aromatic heterocycles. The van der Waals surface area contributed by atoms with Gasteiger partial charge in [0.2, 0.25) is 10.0 Å². The number of hydrogen-bond donors (Lipinski definition) is 1. The maximum Gasteiger partial charge on any atom is 0.243 e. The highest BCUT2D eigenvalue weighted by atomic mass is 32.2. The van der Waals surface area contributed by atoms with Gasteiger partial charge in [-0.2, -0.15) is 16.1 Å². The van der Waals surface area contributed by atoms with E-state index in [0.29, 0.717) is 24.5 Å². The number of sulfonamides is 1. The number of benzene rings is 1. The molecule has 2 N–H and O–H groups in total. The molecule has 1 saturated heterocycles. The van der Waals surface area contributed by atoms with Crippen molar-refractivity contribution >= 4 is 21.8 Å². The third kappa shape index (κ3) is 2.88. The SMILES string of the molecule is CSC1(CN)CCN(S(=O)(=O)c2ccccc2C)CC1. The van der Waals surface area contributed by atoms with E-state index in [9.17, 15) is 8.42 Å². The van der Waals surface area contributed by atoms with Gasteiger partial charge >= 0.3 is 0 Å². The van der Waals surface area contributed by atoms with Gasteiger partial charge in [0.05, 0.1) is 4.90 Å². The Labute approximate surface area is 125 Å². The Hall–Kier alpha value is -0.560. The van der Waals surface area contributed by atoms with E-state index in [0.717, 1.165) is 18.4 Å². The lowest BCUT2D eigenvalue weighted by molar-refractivity contribution is 0.301. The molecule has 1 aromatic carbocycles. The van der Waals surface area contributed by atoms with E-state index in [4.69, 9.17) is 5.73 Å². The molecule has 0 atom stereocenters. The number of nitrogens with two attached hydrogens (primary N) is 1. The summed E-state index contributed by atoms with van der Waals surface area (Å²) < 4.78 is 27.0. The molecule has 1 fully saturated rings. The molecule has 2 rings (SSSR count). The van der Waals surface area contributed by atoms with Crippen molar-refractivity contribution in [3.8, 4) is 0 Å². The number of hydrogen-bond acceptors (Lipinski definition) is 4. The summed E-state index contributed by atoms with van der Waals surface area (Å²) in [5.74, 6) is 0. The zero-order valence-electron chi connectivity index (χ0n) is 12.0. The molecular weight excluding hydrogens is 292 g/mol. The highest BCUT2D eigenvalue weighted by molar-refractivity contribution is 8.00. The molecule has 0 bridgehead atoms. The van der Waals surface area contributed by atoms with Gasteiger partial charge in [-0.25, -0.2) is 8.42 Å². The summed E-state index contributed by atoms with van der Waals surface area (Å²) in [6, 6.07) is 7.15. The van der Waals surface area contributed by atoms with Crippen molar-refractivity contribution in [2.45, 2.75) is 29.4 Å². The van der Waals surface area contributed by atoms with Gasteiger partial charge in [0.15, 0.2) is 0 Å². The summed E-state index contributed by atoms with van der Waals surface area (Å²) in [4.78, 5) is 0.421. The van der Waals surface area contributed by atoms with Gasteiger partial charge in [-0.05, 0) is 37.7 Å². The Balaban J connectivity index is 2.20. The zero-order chi connectivity index (χ0) is 14.8. The molecule has 1 heterocycles. The Morgan fingerprint density at radius 3 is 2.40 bits per heavy atom. The molecule has 0 spiro atoms. The van der Waals surface area contributed by atoms with Crippen molar-refractivity contribution in [3.63, 3.8) is 0 Å². The first kappa shape index (κ1) is 15.8. The summed E-state index contributed by atoms with van der Waals surface area (Å²) in [7, 11) is -3.38. The molecule has 6 heteroatoms. The van der Waals surface area contributed by atoms with Crippen LogP contribution in [0.3, 0.4) is 0 Å². The minimum atomic E-state index is -3.38. The predicted molar refractivity (Wildman–Crippen MR) is 84.5 cm³/mol. The maximum atomic E-state index is 12.7. The summed E-state index contributed by atoms with van der Waals surface area (Å²) in [5, 5.41) is 0. The second kappa shape index (κ2) is 6.05. The fourth-order valence-electron chi connectivity index (χ4n) is 2.61. The van der Waals surface area contributed by atoms with Crippen molar-refractivity contribution in [1.82, 2.24) is 4.31 Å². The first-order chi connectivity index (χ1) is 9.45. The van der Waals surface area contributed by atoms with E-state index in [2.05, 4.69) is 6.26 Å². The molecule has 4 nitrogen and oxygen atoms in total. The topological polar surface area (TPSA) is 63.4 Å². The molecule has 1 aliphatic heterocycles. The number of rotatable bonds is 4. The Kier molecular flexibility index (Phi) is 4.79. The smallest absolute Gasteiger partial charge is 0.243 e. The van der Waals surface area contributed by atoms with Crippen LogP contribution in [0.25, 0.3) is 0 Å². The molecule has 20 heavy (non-hydrogen) atoms. The Morgan fingerprint density at radius 2 is 1.90 bits per heavy atom. The summed E-state index contributed by atoms with van der Waals surface area (Å²) >= 11 is 1.76. The van der Waals surface area contributed by atoms with Crippen molar-refractivity contribution < 1.29 is 8.42 Å². The van der Waals surface area contributed by atoms with Gasteiger partial charge in [0.1, 0.15) is 0 Å². The van der Waals surface area contributed by atoms with E-state index < -0.39 is 10.0 Å². The largest absolute Gasteiger partial charge is 0.329 e. The van der Waals surface area contributed by atoms with E-state index in [1.54, 1.807) is 28.2 Å². The third-order valence-electron chi connectivity index (χ3n) is 4.15. The van der Waals surface area contributed by atoms with Crippen LogP contribution in [0.1, 0.15) is 18.4 Å². The minimum absolute atomic E-state index is 0.0394. The number of piperidine rings is 1. The molecule has 112 valence electrons. The normalized spacial score (nSPS) is 19.9.